The van der Waals surface area contributed by atoms with Crippen LogP contribution in [0, 0.1) is 5.92 Å². The van der Waals surface area contributed by atoms with Gasteiger partial charge in [-0.3, -0.25) is 4.79 Å². The number of amides is 2. The van der Waals surface area contributed by atoms with Gasteiger partial charge < -0.3 is 15.7 Å². The number of aliphatic carboxylic acids is 1. The van der Waals surface area contributed by atoms with E-state index in [1.807, 2.05) is 44.2 Å². The maximum Gasteiger partial charge on any atom is 0.315 e. The van der Waals surface area contributed by atoms with Gasteiger partial charge in [-0.15, -0.1) is 0 Å². The van der Waals surface area contributed by atoms with Gasteiger partial charge in [-0.1, -0.05) is 44.2 Å². The molecule has 1 atom stereocenters. The van der Waals surface area contributed by atoms with E-state index in [2.05, 4.69) is 10.6 Å². The molecule has 0 aliphatic carbocycles. The van der Waals surface area contributed by atoms with Gasteiger partial charge in [-0.2, -0.15) is 0 Å². The average Bonchev–Trinajstić information content (AvgIpc) is 2.42. The quantitative estimate of drug-likeness (QED) is 0.717. The predicted molar refractivity (Wildman–Crippen MR) is 77.4 cm³/mol. The third-order valence-electron chi connectivity index (χ3n) is 2.83. The topological polar surface area (TPSA) is 78.4 Å². The Bertz CT molecular complexity index is 432. The molecule has 0 aromatic heterocycles. The number of benzene rings is 1. The molecule has 5 nitrogen and oxygen atoms in total. The molecule has 0 saturated heterocycles. The SMILES string of the molecule is CC(C)CNC(=O)NC(CCC(=O)O)c1ccccc1. The van der Waals surface area contributed by atoms with E-state index in [4.69, 9.17) is 5.11 Å². The minimum atomic E-state index is -0.865. The second-order valence-electron chi connectivity index (χ2n) is 5.14. The molecule has 0 fully saturated rings. The summed E-state index contributed by atoms with van der Waals surface area (Å²) in [7, 11) is 0. The number of nitrogens with one attached hydrogen (secondary N) is 2. The Morgan fingerprint density at radius 3 is 2.40 bits per heavy atom. The summed E-state index contributed by atoms with van der Waals surface area (Å²) >= 11 is 0. The standard InChI is InChI=1S/C15H22N2O3/c1-11(2)10-16-15(20)17-13(8-9-14(18)19)12-6-4-3-5-7-12/h3-7,11,13H,8-10H2,1-2H3,(H,18,19)(H2,16,17,20). The zero-order valence-corrected chi connectivity index (χ0v) is 11.9. The van der Waals surface area contributed by atoms with Gasteiger partial charge in [0.25, 0.3) is 0 Å². The molecule has 5 heteroatoms. The van der Waals surface area contributed by atoms with Crippen molar-refractivity contribution in [3.63, 3.8) is 0 Å². The van der Waals surface area contributed by atoms with Crippen molar-refractivity contribution in [3.05, 3.63) is 35.9 Å². The molecule has 110 valence electrons. The van der Waals surface area contributed by atoms with Gasteiger partial charge in [0.15, 0.2) is 0 Å². The highest BCUT2D eigenvalue weighted by Gasteiger charge is 2.15. The molecule has 0 aliphatic rings. The fourth-order valence-electron chi connectivity index (χ4n) is 1.78. The Balaban J connectivity index is 2.63. The van der Waals surface area contributed by atoms with Gasteiger partial charge >= 0.3 is 12.0 Å². The molecule has 0 spiro atoms. The fraction of sp³-hybridized carbons (Fsp3) is 0.467. The van der Waals surface area contributed by atoms with Crippen LogP contribution in [0.3, 0.4) is 0 Å². The van der Waals surface area contributed by atoms with Crippen LogP contribution in [-0.2, 0) is 4.79 Å². The van der Waals surface area contributed by atoms with Gasteiger partial charge in [-0.05, 0) is 17.9 Å². The van der Waals surface area contributed by atoms with Gasteiger partial charge in [0, 0.05) is 13.0 Å². The Hall–Kier alpha value is -2.04. The van der Waals surface area contributed by atoms with E-state index in [-0.39, 0.29) is 18.5 Å². The van der Waals surface area contributed by atoms with E-state index in [1.165, 1.54) is 0 Å². The molecule has 3 N–H and O–H groups in total. The number of hydrogen-bond acceptors (Lipinski definition) is 2. The van der Waals surface area contributed by atoms with Crippen molar-refractivity contribution in [2.75, 3.05) is 6.54 Å². The first-order valence-corrected chi connectivity index (χ1v) is 6.80. The highest BCUT2D eigenvalue weighted by atomic mass is 16.4. The molecule has 1 unspecified atom stereocenters. The maximum absolute atomic E-state index is 11.8. The van der Waals surface area contributed by atoms with Crippen molar-refractivity contribution in [1.29, 1.82) is 0 Å². The van der Waals surface area contributed by atoms with Crippen molar-refractivity contribution in [2.45, 2.75) is 32.7 Å². The van der Waals surface area contributed by atoms with Crippen LogP contribution in [0.1, 0.15) is 38.3 Å². The maximum atomic E-state index is 11.8. The summed E-state index contributed by atoms with van der Waals surface area (Å²) in [6.07, 6.45) is 0.387. The number of rotatable bonds is 7. The van der Waals surface area contributed by atoms with Crippen molar-refractivity contribution in [2.24, 2.45) is 5.92 Å². The van der Waals surface area contributed by atoms with E-state index >= 15 is 0 Å². The van der Waals surface area contributed by atoms with Gasteiger partial charge in [-0.25, -0.2) is 4.79 Å². The molecular formula is C15H22N2O3. The summed E-state index contributed by atoms with van der Waals surface area (Å²) in [5, 5.41) is 14.4. The van der Waals surface area contributed by atoms with Gasteiger partial charge in [0.05, 0.1) is 6.04 Å². The van der Waals surface area contributed by atoms with Gasteiger partial charge in [0.1, 0.15) is 0 Å². The number of carboxylic acids is 1. The lowest BCUT2D eigenvalue weighted by Gasteiger charge is -2.19. The average molecular weight is 278 g/mol. The molecule has 0 saturated carbocycles. The molecule has 1 aromatic rings. The summed E-state index contributed by atoms with van der Waals surface area (Å²) in [6.45, 7) is 4.62. The van der Waals surface area contributed by atoms with E-state index in [0.717, 1.165) is 5.56 Å². The van der Waals surface area contributed by atoms with Crippen LogP contribution in [0.4, 0.5) is 4.79 Å². The second kappa shape index (κ2) is 8.19. The van der Waals surface area contributed by atoms with Crippen molar-refractivity contribution in [1.82, 2.24) is 10.6 Å². The molecule has 0 radical (unpaired) electrons. The number of carbonyl (C=O) groups excluding carboxylic acids is 1. The molecular weight excluding hydrogens is 256 g/mol. The number of carboxylic acid groups (broad SMARTS) is 1. The van der Waals surface area contributed by atoms with Crippen LogP contribution in [0.2, 0.25) is 0 Å². The van der Waals surface area contributed by atoms with E-state index < -0.39 is 5.97 Å². The Labute approximate surface area is 119 Å². The van der Waals surface area contributed by atoms with Crippen molar-refractivity contribution < 1.29 is 14.7 Å². The minimum Gasteiger partial charge on any atom is -0.481 e. The normalized spacial score (nSPS) is 11.9. The summed E-state index contributed by atoms with van der Waals surface area (Å²) in [5.74, 6) is -0.495. The predicted octanol–water partition coefficient (Wildman–Crippen LogP) is 2.55. The molecule has 2 amide bonds. The summed E-state index contributed by atoms with van der Waals surface area (Å²) in [5.41, 5.74) is 0.911. The fourth-order valence-corrected chi connectivity index (χ4v) is 1.78. The number of carbonyl (C=O) groups is 2. The van der Waals surface area contributed by atoms with Crippen LogP contribution < -0.4 is 10.6 Å². The van der Waals surface area contributed by atoms with Crippen LogP contribution in [0.15, 0.2) is 30.3 Å². The third kappa shape index (κ3) is 6.22. The molecule has 0 heterocycles. The van der Waals surface area contributed by atoms with E-state index in [0.29, 0.717) is 18.9 Å². The van der Waals surface area contributed by atoms with Crippen LogP contribution in [0.25, 0.3) is 0 Å². The van der Waals surface area contributed by atoms with Crippen molar-refractivity contribution in [3.8, 4) is 0 Å². The highest BCUT2D eigenvalue weighted by molar-refractivity contribution is 5.74. The lowest BCUT2D eigenvalue weighted by molar-refractivity contribution is -0.137. The Morgan fingerprint density at radius 1 is 1.20 bits per heavy atom. The lowest BCUT2D eigenvalue weighted by Crippen LogP contribution is -2.39. The first kappa shape index (κ1) is 16.0. The highest BCUT2D eigenvalue weighted by Crippen LogP contribution is 2.18. The van der Waals surface area contributed by atoms with Crippen molar-refractivity contribution >= 4 is 12.0 Å². The Morgan fingerprint density at radius 2 is 1.85 bits per heavy atom. The van der Waals surface area contributed by atoms with Crippen LogP contribution >= 0.6 is 0 Å². The van der Waals surface area contributed by atoms with Crippen LogP contribution in [0.5, 0.6) is 0 Å². The largest absolute Gasteiger partial charge is 0.481 e. The lowest BCUT2D eigenvalue weighted by atomic mass is 10.0. The number of hydrogen-bond donors (Lipinski definition) is 3. The second-order valence-corrected chi connectivity index (χ2v) is 5.14. The molecule has 0 bridgehead atoms. The molecule has 0 aliphatic heterocycles. The third-order valence-corrected chi connectivity index (χ3v) is 2.83. The zero-order chi connectivity index (χ0) is 15.0. The summed E-state index contributed by atoms with van der Waals surface area (Å²) in [4.78, 5) is 22.5. The molecule has 1 aromatic carbocycles. The van der Waals surface area contributed by atoms with E-state index in [1.54, 1.807) is 0 Å². The zero-order valence-electron chi connectivity index (χ0n) is 11.9. The first-order chi connectivity index (χ1) is 9.49. The Kier molecular flexibility index (Phi) is 6.56. The first-order valence-electron chi connectivity index (χ1n) is 6.80. The van der Waals surface area contributed by atoms with Crippen LogP contribution in [-0.4, -0.2) is 23.7 Å². The number of urea groups is 1. The smallest absolute Gasteiger partial charge is 0.315 e. The molecule has 20 heavy (non-hydrogen) atoms. The molecule has 1 rings (SSSR count). The van der Waals surface area contributed by atoms with Gasteiger partial charge in [0.2, 0.25) is 0 Å². The monoisotopic (exact) mass is 278 g/mol. The minimum absolute atomic E-state index is 0.0179. The van der Waals surface area contributed by atoms with E-state index in [9.17, 15) is 9.59 Å². The summed E-state index contributed by atoms with van der Waals surface area (Å²) < 4.78 is 0. The summed E-state index contributed by atoms with van der Waals surface area (Å²) in [6, 6.07) is 8.84.